The molecule has 3 aromatic carbocycles. The molecule has 0 aliphatic heterocycles. The summed E-state index contributed by atoms with van der Waals surface area (Å²) in [4.78, 5) is 11.4. The number of halogens is 1. The van der Waals surface area contributed by atoms with E-state index in [-0.39, 0.29) is 0 Å². The third-order valence-corrected chi connectivity index (χ3v) is 4.05. The Morgan fingerprint density at radius 2 is 1.82 bits per heavy atom. The molecule has 0 atom stereocenters. The van der Waals surface area contributed by atoms with Crippen LogP contribution < -0.4 is 4.74 Å². The molecule has 22 heavy (non-hydrogen) atoms. The van der Waals surface area contributed by atoms with E-state index in [1.807, 2.05) is 54.6 Å². The summed E-state index contributed by atoms with van der Waals surface area (Å²) >= 11 is 5.93. The zero-order valence-corrected chi connectivity index (χ0v) is 12.9. The highest BCUT2D eigenvalue weighted by Gasteiger charge is 2.09. The predicted molar refractivity (Wildman–Crippen MR) is 90.1 cm³/mol. The number of ether oxygens (including phenoxy) is 1. The van der Waals surface area contributed by atoms with Crippen LogP contribution in [0.15, 0.2) is 54.6 Å². The van der Waals surface area contributed by atoms with Crippen molar-refractivity contribution in [1.82, 2.24) is 0 Å². The van der Waals surface area contributed by atoms with E-state index in [4.69, 9.17) is 16.3 Å². The van der Waals surface area contributed by atoms with Gasteiger partial charge in [0.25, 0.3) is 0 Å². The third kappa shape index (κ3) is 2.83. The zero-order chi connectivity index (χ0) is 15.5. The number of aldehydes is 1. The molecule has 0 amide bonds. The first-order chi connectivity index (χ1) is 10.7. The molecule has 0 fully saturated rings. The summed E-state index contributed by atoms with van der Waals surface area (Å²) in [6.07, 6.45) is 1.60. The van der Waals surface area contributed by atoms with Gasteiger partial charge in [-0.3, -0.25) is 4.79 Å². The van der Waals surface area contributed by atoms with Gasteiger partial charge in [0, 0.05) is 10.6 Å². The molecule has 3 heteroatoms. The van der Waals surface area contributed by atoms with Crippen LogP contribution in [0.25, 0.3) is 10.8 Å². The van der Waals surface area contributed by atoms with E-state index in [2.05, 4.69) is 0 Å². The molecule has 0 bridgehead atoms. The minimum Gasteiger partial charge on any atom is -0.497 e. The number of fused-ring (bicyclic) bond motifs is 1. The second-order valence-electron chi connectivity index (χ2n) is 5.14. The first-order valence-electron chi connectivity index (χ1n) is 7.00. The van der Waals surface area contributed by atoms with Gasteiger partial charge in [-0.15, -0.1) is 0 Å². The molecule has 0 saturated carbocycles. The van der Waals surface area contributed by atoms with Gasteiger partial charge in [0.05, 0.1) is 7.11 Å². The van der Waals surface area contributed by atoms with E-state index in [0.29, 0.717) is 17.0 Å². The smallest absolute Gasteiger partial charge is 0.150 e. The summed E-state index contributed by atoms with van der Waals surface area (Å²) in [7, 11) is 1.65. The fraction of sp³-hybridized carbons (Fsp3) is 0.105. The molecule has 0 aliphatic rings. The molecular formula is C19H15ClO2. The van der Waals surface area contributed by atoms with Gasteiger partial charge in [0.1, 0.15) is 12.0 Å². The number of rotatable bonds is 4. The van der Waals surface area contributed by atoms with Crippen molar-refractivity contribution in [3.63, 3.8) is 0 Å². The van der Waals surface area contributed by atoms with Crippen molar-refractivity contribution in [3.05, 3.63) is 76.3 Å². The summed E-state index contributed by atoms with van der Waals surface area (Å²) in [6, 6.07) is 17.4. The maximum atomic E-state index is 11.4. The standard InChI is InChI=1S/C19H15ClO2/c1-22-17-8-9-18-14(11-17)4-5-15(12-21)19(18)10-13-2-6-16(20)7-3-13/h2-9,11-12H,10H2,1H3. The number of carbonyl (C=O) groups excluding carboxylic acids is 1. The lowest BCUT2D eigenvalue weighted by molar-refractivity contribution is 0.112. The fourth-order valence-electron chi connectivity index (χ4n) is 2.63. The van der Waals surface area contributed by atoms with Gasteiger partial charge in [0.2, 0.25) is 0 Å². The first kappa shape index (κ1) is 14.6. The van der Waals surface area contributed by atoms with Gasteiger partial charge in [-0.25, -0.2) is 0 Å². The lowest BCUT2D eigenvalue weighted by Crippen LogP contribution is -1.97. The largest absolute Gasteiger partial charge is 0.497 e. The lowest BCUT2D eigenvalue weighted by atomic mass is 9.94. The first-order valence-corrected chi connectivity index (χ1v) is 7.38. The van der Waals surface area contributed by atoms with Gasteiger partial charge in [0.15, 0.2) is 0 Å². The molecule has 110 valence electrons. The Kier molecular flexibility index (Phi) is 4.12. The molecule has 0 radical (unpaired) electrons. The van der Waals surface area contributed by atoms with Gasteiger partial charge in [-0.05, 0) is 52.6 Å². The average Bonchev–Trinajstić information content (AvgIpc) is 2.56. The van der Waals surface area contributed by atoms with E-state index >= 15 is 0 Å². The molecule has 0 spiro atoms. The van der Waals surface area contributed by atoms with Crippen LogP contribution in [0.5, 0.6) is 5.75 Å². The maximum absolute atomic E-state index is 11.4. The summed E-state index contributed by atoms with van der Waals surface area (Å²) in [5.41, 5.74) is 2.86. The maximum Gasteiger partial charge on any atom is 0.150 e. The van der Waals surface area contributed by atoms with Crippen LogP contribution >= 0.6 is 11.6 Å². The molecule has 0 N–H and O–H groups in total. The highest BCUT2D eigenvalue weighted by atomic mass is 35.5. The normalized spacial score (nSPS) is 10.6. The van der Waals surface area contributed by atoms with Crippen molar-refractivity contribution >= 4 is 28.7 Å². The monoisotopic (exact) mass is 310 g/mol. The number of hydrogen-bond donors (Lipinski definition) is 0. The molecule has 0 saturated heterocycles. The van der Waals surface area contributed by atoms with Crippen LogP contribution in [0, 0.1) is 0 Å². The Balaban J connectivity index is 2.12. The molecule has 3 rings (SSSR count). The zero-order valence-electron chi connectivity index (χ0n) is 12.2. The Bertz CT molecular complexity index is 823. The van der Waals surface area contributed by atoms with Crippen molar-refractivity contribution in [2.24, 2.45) is 0 Å². The Morgan fingerprint density at radius 1 is 1.05 bits per heavy atom. The van der Waals surface area contributed by atoms with E-state index in [9.17, 15) is 4.79 Å². The second kappa shape index (κ2) is 6.20. The quantitative estimate of drug-likeness (QED) is 0.640. The van der Waals surface area contributed by atoms with Crippen molar-refractivity contribution in [2.45, 2.75) is 6.42 Å². The number of carbonyl (C=O) groups is 1. The summed E-state index contributed by atoms with van der Waals surface area (Å²) < 4.78 is 5.27. The minimum atomic E-state index is 0.689. The number of methoxy groups -OCH3 is 1. The van der Waals surface area contributed by atoms with Gasteiger partial charge in [-0.2, -0.15) is 0 Å². The molecule has 3 aromatic rings. The van der Waals surface area contributed by atoms with E-state index < -0.39 is 0 Å². The predicted octanol–water partition coefficient (Wildman–Crippen LogP) is 4.91. The average molecular weight is 311 g/mol. The van der Waals surface area contributed by atoms with Crippen LogP contribution in [-0.4, -0.2) is 13.4 Å². The van der Waals surface area contributed by atoms with Gasteiger partial charge < -0.3 is 4.74 Å². The Hall–Kier alpha value is -2.32. The van der Waals surface area contributed by atoms with E-state index in [0.717, 1.165) is 33.9 Å². The van der Waals surface area contributed by atoms with E-state index in [1.165, 1.54) is 0 Å². The molecule has 0 aromatic heterocycles. The SMILES string of the molecule is COc1ccc2c(Cc3ccc(Cl)cc3)c(C=O)ccc2c1. The summed E-state index contributed by atoms with van der Waals surface area (Å²) in [5, 5.41) is 2.84. The third-order valence-electron chi connectivity index (χ3n) is 3.80. The van der Waals surface area contributed by atoms with Crippen LogP contribution in [-0.2, 0) is 6.42 Å². The van der Waals surface area contributed by atoms with Gasteiger partial charge >= 0.3 is 0 Å². The molecule has 0 heterocycles. The summed E-state index contributed by atoms with van der Waals surface area (Å²) in [6.45, 7) is 0. The molecule has 0 unspecified atom stereocenters. The Morgan fingerprint density at radius 3 is 2.50 bits per heavy atom. The number of benzene rings is 3. The van der Waals surface area contributed by atoms with Crippen molar-refractivity contribution in [3.8, 4) is 5.75 Å². The van der Waals surface area contributed by atoms with Crippen molar-refractivity contribution < 1.29 is 9.53 Å². The van der Waals surface area contributed by atoms with Crippen molar-refractivity contribution in [2.75, 3.05) is 7.11 Å². The van der Waals surface area contributed by atoms with Gasteiger partial charge in [-0.1, -0.05) is 41.9 Å². The molecule has 2 nitrogen and oxygen atoms in total. The summed E-state index contributed by atoms with van der Waals surface area (Å²) in [5.74, 6) is 0.809. The topological polar surface area (TPSA) is 26.3 Å². The van der Waals surface area contributed by atoms with Crippen LogP contribution in [0.3, 0.4) is 0 Å². The van der Waals surface area contributed by atoms with E-state index in [1.54, 1.807) is 7.11 Å². The minimum absolute atomic E-state index is 0.689. The van der Waals surface area contributed by atoms with Crippen molar-refractivity contribution in [1.29, 1.82) is 0 Å². The van der Waals surface area contributed by atoms with Crippen LogP contribution in [0.4, 0.5) is 0 Å². The fourth-order valence-corrected chi connectivity index (χ4v) is 2.76. The highest BCUT2D eigenvalue weighted by molar-refractivity contribution is 6.30. The van der Waals surface area contributed by atoms with Crippen LogP contribution in [0.2, 0.25) is 5.02 Å². The number of hydrogen-bond acceptors (Lipinski definition) is 2. The Labute approximate surface area is 134 Å². The van der Waals surface area contributed by atoms with Crippen LogP contribution in [0.1, 0.15) is 21.5 Å². The highest BCUT2D eigenvalue weighted by Crippen LogP contribution is 2.28. The molecule has 0 aliphatic carbocycles. The lowest BCUT2D eigenvalue weighted by Gasteiger charge is -2.11. The molecular weight excluding hydrogens is 296 g/mol. The second-order valence-corrected chi connectivity index (χ2v) is 5.58.